The molecule has 136 valence electrons. The molecule has 0 radical (unpaired) electrons. The highest BCUT2D eigenvalue weighted by Gasteiger charge is 2.32. The van der Waals surface area contributed by atoms with Gasteiger partial charge in [-0.1, -0.05) is 0 Å². The van der Waals surface area contributed by atoms with Crippen molar-refractivity contribution in [3.63, 3.8) is 0 Å². The third-order valence-electron chi connectivity index (χ3n) is 4.56. The van der Waals surface area contributed by atoms with Crippen molar-refractivity contribution in [2.45, 2.75) is 12.3 Å². The van der Waals surface area contributed by atoms with Gasteiger partial charge in [-0.05, 0) is 23.8 Å². The van der Waals surface area contributed by atoms with E-state index < -0.39 is 0 Å². The molecule has 0 amide bonds. The van der Waals surface area contributed by atoms with Crippen molar-refractivity contribution in [2.24, 2.45) is 0 Å². The van der Waals surface area contributed by atoms with Crippen LogP contribution >= 0.6 is 0 Å². The Hall–Kier alpha value is -3.09. The van der Waals surface area contributed by atoms with Crippen LogP contribution < -0.4 is 28.4 Å². The molecule has 0 aliphatic carbocycles. The zero-order valence-electron chi connectivity index (χ0n) is 14.7. The number of ether oxygens (including phenoxy) is 6. The number of benzene rings is 2. The van der Waals surface area contributed by atoms with Gasteiger partial charge in [-0.3, -0.25) is 4.79 Å². The molecule has 7 nitrogen and oxygen atoms in total. The third kappa shape index (κ3) is 2.56. The highest BCUT2D eigenvalue weighted by Crippen LogP contribution is 2.48. The Morgan fingerprint density at radius 2 is 1.54 bits per heavy atom. The Balaban J connectivity index is 1.85. The van der Waals surface area contributed by atoms with Crippen LogP contribution in [-0.2, 0) is 4.79 Å². The van der Waals surface area contributed by atoms with Gasteiger partial charge in [-0.2, -0.15) is 0 Å². The van der Waals surface area contributed by atoms with Crippen LogP contribution in [0.5, 0.6) is 34.5 Å². The predicted octanol–water partition coefficient (Wildman–Crippen LogP) is 2.88. The van der Waals surface area contributed by atoms with Gasteiger partial charge in [0.05, 0.1) is 27.8 Å². The van der Waals surface area contributed by atoms with Crippen molar-refractivity contribution in [2.75, 3.05) is 28.1 Å². The smallest absolute Gasteiger partial charge is 0.312 e. The van der Waals surface area contributed by atoms with E-state index >= 15 is 0 Å². The molecule has 4 rings (SSSR count). The highest BCUT2D eigenvalue weighted by atomic mass is 16.7. The first-order valence-corrected chi connectivity index (χ1v) is 8.08. The standard InChI is InChI=1S/C19H18O7/c1-21-16-4-10(5-17(22-2)19(16)23-3)11-7-18(20)26-13-8-15-14(6-12(11)13)24-9-25-15/h4-6,8,11H,7,9H2,1-3H3/t11-/m1/s1. The average molecular weight is 358 g/mol. The van der Waals surface area contributed by atoms with Gasteiger partial charge >= 0.3 is 5.97 Å². The Bertz CT molecular complexity index is 849. The summed E-state index contributed by atoms with van der Waals surface area (Å²) in [6.07, 6.45) is 0.200. The zero-order valence-corrected chi connectivity index (χ0v) is 14.7. The minimum absolute atomic E-state index is 0.154. The fourth-order valence-corrected chi connectivity index (χ4v) is 3.34. The molecule has 0 N–H and O–H groups in total. The van der Waals surface area contributed by atoms with Crippen molar-refractivity contribution < 1.29 is 33.2 Å². The maximum atomic E-state index is 12.2. The average Bonchev–Trinajstić information content (AvgIpc) is 3.11. The molecular formula is C19H18O7. The van der Waals surface area contributed by atoms with E-state index in [-0.39, 0.29) is 25.1 Å². The second-order valence-corrected chi connectivity index (χ2v) is 5.93. The lowest BCUT2D eigenvalue weighted by Crippen LogP contribution is -2.21. The Morgan fingerprint density at radius 3 is 2.15 bits per heavy atom. The van der Waals surface area contributed by atoms with E-state index in [4.69, 9.17) is 28.4 Å². The number of rotatable bonds is 4. The normalized spacial score (nSPS) is 17.3. The summed E-state index contributed by atoms with van der Waals surface area (Å²) in [5.74, 6) is 2.71. The molecule has 0 aromatic heterocycles. The van der Waals surface area contributed by atoms with Crippen LogP contribution in [-0.4, -0.2) is 34.1 Å². The maximum absolute atomic E-state index is 12.2. The van der Waals surface area contributed by atoms with Gasteiger partial charge in [0, 0.05) is 17.5 Å². The molecule has 0 saturated heterocycles. The summed E-state index contributed by atoms with van der Waals surface area (Å²) >= 11 is 0. The molecule has 0 spiro atoms. The van der Waals surface area contributed by atoms with Crippen LogP contribution in [0.3, 0.4) is 0 Å². The quantitative estimate of drug-likeness (QED) is 0.615. The molecule has 2 heterocycles. The van der Waals surface area contributed by atoms with Crippen molar-refractivity contribution in [1.29, 1.82) is 0 Å². The first-order valence-electron chi connectivity index (χ1n) is 8.08. The van der Waals surface area contributed by atoms with Gasteiger partial charge in [0.1, 0.15) is 5.75 Å². The highest BCUT2D eigenvalue weighted by molar-refractivity contribution is 5.79. The van der Waals surface area contributed by atoms with E-state index in [1.54, 1.807) is 27.4 Å². The second-order valence-electron chi connectivity index (χ2n) is 5.93. The first kappa shape index (κ1) is 16.4. The van der Waals surface area contributed by atoms with E-state index in [0.29, 0.717) is 34.5 Å². The number of hydrogen-bond donors (Lipinski definition) is 0. The van der Waals surface area contributed by atoms with E-state index in [9.17, 15) is 4.79 Å². The molecule has 0 unspecified atom stereocenters. The summed E-state index contributed by atoms with van der Waals surface area (Å²) in [6.45, 7) is 0.154. The molecular weight excluding hydrogens is 340 g/mol. The van der Waals surface area contributed by atoms with Crippen molar-refractivity contribution >= 4 is 5.97 Å². The SMILES string of the molecule is COc1cc([C@H]2CC(=O)Oc3cc4c(cc32)OCO4)cc(OC)c1OC. The molecule has 0 bridgehead atoms. The molecule has 2 aromatic carbocycles. The van der Waals surface area contributed by atoms with E-state index in [0.717, 1.165) is 11.1 Å². The van der Waals surface area contributed by atoms with Gasteiger partial charge in [-0.25, -0.2) is 0 Å². The number of carbonyl (C=O) groups is 1. The molecule has 2 aromatic rings. The van der Waals surface area contributed by atoms with E-state index in [2.05, 4.69) is 0 Å². The molecule has 0 fully saturated rings. The fourth-order valence-electron chi connectivity index (χ4n) is 3.34. The molecule has 7 heteroatoms. The summed E-state index contributed by atoms with van der Waals surface area (Å²) < 4.78 is 32.5. The van der Waals surface area contributed by atoms with Crippen LogP contribution in [0.1, 0.15) is 23.5 Å². The lowest BCUT2D eigenvalue weighted by atomic mass is 9.86. The summed E-state index contributed by atoms with van der Waals surface area (Å²) in [7, 11) is 4.67. The van der Waals surface area contributed by atoms with Gasteiger partial charge < -0.3 is 28.4 Å². The molecule has 2 aliphatic rings. The third-order valence-corrected chi connectivity index (χ3v) is 4.56. The van der Waals surface area contributed by atoms with E-state index in [1.807, 2.05) is 18.2 Å². The molecule has 0 saturated carbocycles. The predicted molar refractivity (Wildman–Crippen MR) is 90.8 cm³/mol. The van der Waals surface area contributed by atoms with E-state index in [1.165, 1.54) is 0 Å². The Labute approximate surface area is 150 Å². The molecule has 2 aliphatic heterocycles. The summed E-state index contributed by atoms with van der Waals surface area (Å²) in [6, 6.07) is 7.25. The minimum atomic E-state index is -0.310. The Morgan fingerprint density at radius 1 is 0.885 bits per heavy atom. The van der Waals surface area contributed by atoms with Gasteiger partial charge in [0.25, 0.3) is 0 Å². The van der Waals surface area contributed by atoms with Crippen molar-refractivity contribution in [3.8, 4) is 34.5 Å². The Kier molecular flexibility index (Phi) is 3.99. The van der Waals surface area contributed by atoms with Crippen LogP contribution in [0, 0.1) is 0 Å². The van der Waals surface area contributed by atoms with Crippen LogP contribution in [0.2, 0.25) is 0 Å². The summed E-state index contributed by atoms with van der Waals surface area (Å²) in [5.41, 5.74) is 1.71. The molecule has 1 atom stereocenters. The van der Waals surface area contributed by atoms with Crippen molar-refractivity contribution in [1.82, 2.24) is 0 Å². The van der Waals surface area contributed by atoms with Gasteiger partial charge in [0.2, 0.25) is 12.5 Å². The lowest BCUT2D eigenvalue weighted by molar-refractivity contribution is -0.135. The summed E-state index contributed by atoms with van der Waals surface area (Å²) in [4.78, 5) is 12.2. The van der Waals surface area contributed by atoms with Crippen molar-refractivity contribution in [3.05, 3.63) is 35.4 Å². The second kappa shape index (κ2) is 6.33. The topological polar surface area (TPSA) is 72.5 Å². The summed E-state index contributed by atoms with van der Waals surface area (Å²) in [5, 5.41) is 0. The van der Waals surface area contributed by atoms with Crippen LogP contribution in [0.25, 0.3) is 0 Å². The number of carbonyl (C=O) groups excluding carboxylic acids is 1. The zero-order chi connectivity index (χ0) is 18.3. The maximum Gasteiger partial charge on any atom is 0.312 e. The van der Waals surface area contributed by atoms with Gasteiger partial charge in [-0.15, -0.1) is 0 Å². The number of methoxy groups -OCH3 is 3. The van der Waals surface area contributed by atoms with Crippen LogP contribution in [0.4, 0.5) is 0 Å². The monoisotopic (exact) mass is 358 g/mol. The number of fused-ring (bicyclic) bond motifs is 2. The number of esters is 1. The first-order chi connectivity index (χ1) is 12.6. The van der Waals surface area contributed by atoms with Gasteiger partial charge in [0.15, 0.2) is 23.0 Å². The fraction of sp³-hybridized carbons (Fsp3) is 0.316. The minimum Gasteiger partial charge on any atom is -0.493 e. The molecule has 26 heavy (non-hydrogen) atoms. The number of hydrogen-bond acceptors (Lipinski definition) is 7. The lowest BCUT2D eigenvalue weighted by Gasteiger charge is -2.26. The van der Waals surface area contributed by atoms with Crippen LogP contribution in [0.15, 0.2) is 24.3 Å². The largest absolute Gasteiger partial charge is 0.493 e.